The van der Waals surface area contributed by atoms with Crippen molar-refractivity contribution in [1.82, 2.24) is 4.57 Å². The lowest BCUT2D eigenvalue weighted by molar-refractivity contribution is 0.855. The maximum Gasteiger partial charge on any atom is 0.0547 e. The van der Waals surface area contributed by atoms with Crippen molar-refractivity contribution in [2.24, 2.45) is 0 Å². The van der Waals surface area contributed by atoms with E-state index in [9.17, 15) is 0 Å². The first kappa shape index (κ1) is 41.2. The van der Waals surface area contributed by atoms with Gasteiger partial charge in [-0.25, -0.2) is 0 Å². The van der Waals surface area contributed by atoms with E-state index in [2.05, 4.69) is 282 Å². The molecule has 0 radical (unpaired) electrons. The minimum Gasteiger partial charge on any atom is -0.309 e. The first-order chi connectivity index (χ1) is 34.7. The number of nitrogens with zero attached hydrogens (tertiary/aromatic N) is 2. The van der Waals surface area contributed by atoms with Crippen LogP contribution in [0.15, 0.2) is 273 Å². The fraction of sp³-hybridized carbons (Fsp3) is 0.0294. The van der Waals surface area contributed by atoms with Gasteiger partial charge in [0, 0.05) is 39.1 Å². The molecule has 2 nitrogen and oxygen atoms in total. The summed E-state index contributed by atoms with van der Waals surface area (Å²) in [5, 5.41) is 7.45. The summed E-state index contributed by atoms with van der Waals surface area (Å²) in [7, 11) is 0. The molecule has 13 rings (SSSR count). The summed E-state index contributed by atoms with van der Waals surface area (Å²) in [6.45, 7) is 0. The van der Waals surface area contributed by atoms with Crippen molar-refractivity contribution >= 4 is 60.4 Å². The number of para-hydroxylation sites is 3. The van der Waals surface area contributed by atoms with Gasteiger partial charge in [0.2, 0.25) is 0 Å². The number of hydrogen-bond donors (Lipinski definition) is 0. The highest BCUT2D eigenvalue weighted by molar-refractivity contribution is 6.21. The van der Waals surface area contributed by atoms with Gasteiger partial charge in [-0.05, 0) is 116 Å². The van der Waals surface area contributed by atoms with Gasteiger partial charge >= 0.3 is 0 Å². The van der Waals surface area contributed by atoms with Crippen molar-refractivity contribution in [1.29, 1.82) is 0 Å². The SMILES string of the molecule is C1=CCC(c2cc(N(c3ccc(-c4ccccc4)cc3-c3ccc4ccccc4c3)c3ccccc3-c3ccccc3-n3c4ccccc4c4c5ccccc5ccc43)ccc2-c2ccccc2)C=C1. The minimum absolute atomic E-state index is 0.213. The fourth-order valence-electron chi connectivity index (χ4n) is 11.0. The molecule has 1 aliphatic rings. The van der Waals surface area contributed by atoms with Crippen LogP contribution in [0.4, 0.5) is 17.1 Å². The minimum atomic E-state index is 0.213. The molecule has 0 fully saturated rings. The normalized spacial score (nSPS) is 13.4. The monoisotopic (exact) mass is 892 g/mol. The second kappa shape index (κ2) is 17.6. The lowest BCUT2D eigenvalue weighted by atomic mass is 9.86. The number of fused-ring (bicyclic) bond motifs is 6. The molecule has 1 unspecified atom stereocenters. The molecule has 1 aliphatic carbocycles. The van der Waals surface area contributed by atoms with E-state index in [4.69, 9.17) is 0 Å². The number of hydrogen-bond acceptors (Lipinski definition) is 1. The number of rotatable bonds is 9. The molecule has 330 valence electrons. The Morgan fingerprint density at radius 3 is 1.86 bits per heavy atom. The summed E-state index contributed by atoms with van der Waals surface area (Å²) in [6, 6.07) is 91.7. The zero-order valence-corrected chi connectivity index (χ0v) is 38.7. The smallest absolute Gasteiger partial charge is 0.0547 e. The molecular weight excluding hydrogens is 845 g/mol. The van der Waals surface area contributed by atoms with Gasteiger partial charge < -0.3 is 9.47 Å². The topological polar surface area (TPSA) is 8.17 Å². The molecule has 2 heteroatoms. The van der Waals surface area contributed by atoms with Gasteiger partial charge in [-0.2, -0.15) is 0 Å². The molecule has 0 N–H and O–H groups in total. The maximum atomic E-state index is 2.53. The van der Waals surface area contributed by atoms with E-state index in [0.29, 0.717) is 0 Å². The van der Waals surface area contributed by atoms with Crippen molar-refractivity contribution in [3.63, 3.8) is 0 Å². The fourth-order valence-corrected chi connectivity index (χ4v) is 11.0. The van der Waals surface area contributed by atoms with Gasteiger partial charge in [-0.3, -0.25) is 0 Å². The van der Waals surface area contributed by atoms with E-state index in [1.807, 2.05) is 0 Å². The molecule has 1 atom stereocenters. The largest absolute Gasteiger partial charge is 0.309 e. The number of allylic oxidation sites excluding steroid dienone is 4. The molecule has 1 aromatic heterocycles. The molecule has 0 saturated carbocycles. The van der Waals surface area contributed by atoms with Crippen molar-refractivity contribution in [2.75, 3.05) is 4.90 Å². The van der Waals surface area contributed by atoms with Gasteiger partial charge in [0.15, 0.2) is 0 Å². The van der Waals surface area contributed by atoms with Crippen LogP contribution in [0.1, 0.15) is 17.9 Å². The lowest BCUT2D eigenvalue weighted by Gasteiger charge is -2.32. The van der Waals surface area contributed by atoms with Crippen LogP contribution in [0.25, 0.3) is 93.5 Å². The highest BCUT2D eigenvalue weighted by Gasteiger charge is 2.26. The molecule has 12 aromatic rings. The Bertz CT molecular complexity index is 3990. The molecule has 0 aliphatic heterocycles. The van der Waals surface area contributed by atoms with Gasteiger partial charge in [-0.1, -0.05) is 218 Å². The van der Waals surface area contributed by atoms with E-state index < -0.39 is 0 Å². The zero-order chi connectivity index (χ0) is 46.4. The molecule has 0 bridgehead atoms. The summed E-state index contributed by atoms with van der Waals surface area (Å²) >= 11 is 0. The summed E-state index contributed by atoms with van der Waals surface area (Å²) in [4.78, 5) is 2.53. The summed E-state index contributed by atoms with van der Waals surface area (Å²) < 4.78 is 2.48. The Balaban J connectivity index is 1.09. The molecule has 11 aromatic carbocycles. The lowest BCUT2D eigenvalue weighted by Crippen LogP contribution is -2.14. The van der Waals surface area contributed by atoms with E-state index in [1.165, 1.54) is 71.2 Å². The van der Waals surface area contributed by atoms with Gasteiger partial charge in [0.25, 0.3) is 0 Å². The molecular formula is C68H48N2. The Labute approximate surface area is 409 Å². The third-order valence-corrected chi connectivity index (χ3v) is 14.3. The van der Waals surface area contributed by atoms with Crippen molar-refractivity contribution in [2.45, 2.75) is 12.3 Å². The number of benzene rings is 11. The van der Waals surface area contributed by atoms with Crippen LogP contribution in [0.2, 0.25) is 0 Å². The zero-order valence-electron chi connectivity index (χ0n) is 38.7. The standard InChI is InChI=1S/C68H48N2/c1-4-20-47(21-5-1)53-39-42-66(62(45-53)54-37-36-48-22-10-11-28-52(48)44-54)69(55-40-41-56(49-23-6-2-7-24-49)61(46-55)50-25-8-3-9-26-50)63-33-17-14-30-58(63)59-31-15-18-34-64(59)70-65-35-19-16-32-60(65)68-57-29-13-12-27-51(57)38-43-67(68)70/h1-25,27-46,50H,26H2. The van der Waals surface area contributed by atoms with Crippen LogP contribution >= 0.6 is 0 Å². The Morgan fingerprint density at radius 2 is 1.03 bits per heavy atom. The van der Waals surface area contributed by atoms with Crippen LogP contribution in [0.5, 0.6) is 0 Å². The van der Waals surface area contributed by atoms with E-state index in [0.717, 1.165) is 51.4 Å². The van der Waals surface area contributed by atoms with Crippen LogP contribution in [-0.4, -0.2) is 4.57 Å². The first-order valence-corrected chi connectivity index (χ1v) is 24.4. The van der Waals surface area contributed by atoms with Crippen molar-refractivity contribution in [3.05, 3.63) is 279 Å². The van der Waals surface area contributed by atoms with Crippen LogP contribution in [0, 0.1) is 0 Å². The highest BCUT2D eigenvalue weighted by Crippen LogP contribution is 2.49. The second-order valence-corrected chi connectivity index (χ2v) is 18.4. The molecule has 70 heavy (non-hydrogen) atoms. The molecule has 1 heterocycles. The van der Waals surface area contributed by atoms with Gasteiger partial charge in [-0.15, -0.1) is 0 Å². The van der Waals surface area contributed by atoms with Crippen molar-refractivity contribution in [3.8, 4) is 50.2 Å². The average molecular weight is 893 g/mol. The second-order valence-electron chi connectivity index (χ2n) is 18.4. The Hall–Kier alpha value is -8.98. The number of aromatic nitrogens is 1. The first-order valence-electron chi connectivity index (χ1n) is 24.4. The van der Waals surface area contributed by atoms with Gasteiger partial charge in [0.1, 0.15) is 0 Å². The summed E-state index contributed by atoms with van der Waals surface area (Å²) in [5.41, 5.74) is 17.5. The highest BCUT2D eigenvalue weighted by atomic mass is 15.1. The third-order valence-electron chi connectivity index (χ3n) is 14.3. The summed E-state index contributed by atoms with van der Waals surface area (Å²) in [5.74, 6) is 0.213. The van der Waals surface area contributed by atoms with E-state index >= 15 is 0 Å². The van der Waals surface area contributed by atoms with Crippen LogP contribution < -0.4 is 4.90 Å². The Kier molecular flexibility index (Phi) is 10.4. The third kappa shape index (κ3) is 7.21. The number of anilines is 3. The van der Waals surface area contributed by atoms with Gasteiger partial charge in [0.05, 0.1) is 28.1 Å². The van der Waals surface area contributed by atoms with E-state index in [1.54, 1.807) is 0 Å². The van der Waals surface area contributed by atoms with Crippen LogP contribution in [-0.2, 0) is 0 Å². The predicted molar refractivity (Wildman–Crippen MR) is 298 cm³/mol. The molecule has 0 saturated heterocycles. The average Bonchev–Trinajstić information content (AvgIpc) is 3.79. The van der Waals surface area contributed by atoms with Crippen LogP contribution in [0.3, 0.4) is 0 Å². The van der Waals surface area contributed by atoms with E-state index in [-0.39, 0.29) is 5.92 Å². The summed E-state index contributed by atoms with van der Waals surface area (Å²) in [6.07, 6.45) is 9.98. The van der Waals surface area contributed by atoms with Crippen molar-refractivity contribution < 1.29 is 0 Å². The Morgan fingerprint density at radius 1 is 0.371 bits per heavy atom. The maximum absolute atomic E-state index is 2.53. The molecule has 0 spiro atoms. The quantitative estimate of drug-likeness (QED) is 0.140. The predicted octanol–water partition coefficient (Wildman–Crippen LogP) is 18.8. The molecule has 0 amide bonds.